The molecule has 0 saturated heterocycles. The van der Waals surface area contributed by atoms with Crippen molar-refractivity contribution in [3.05, 3.63) is 58.6 Å². The lowest BCUT2D eigenvalue weighted by Crippen LogP contribution is -2.49. The van der Waals surface area contributed by atoms with Gasteiger partial charge >= 0.3 is 11.8 Å². The van der Waals surface area contributed by atoms with Crippen LogP contribution in [0.25, 0.3) is 22.2 Å². The van der Waals surface area contributed by atoms with Crippen molar-refractivity contribution in [2.75, 3.05) is 11.9 Å². The van der Waals surface area contributed by atoms with Gasteiger partial charge in [0.2, 0.25) is 0 Å². The Labute approximate surface area is 183 Å². The summed E-state index contributed by atoms with van der Waals surface area (Å²) in [4.78, 5) is 27.7. The minimum absolute atomic E-state index is 0.0220. The number of hydrogen-bond acceptors (Lipinski definition) is 9. The van der Waals surface area contributed by atoms with Gasteiger partial charge in [0.15, 0.2) is 0 Å². The molecule has 0 saturated carbocycles. The fourth-order valence-electron chi connectivity index (χ4n) is 3.27. The molecule has 33 heavy (non-hydrogen) atoms. The first-order valence-corrected chi connectivity index (χ1v) is 9.54. The summed E-state index contributed by atoms with van der Waals surface area (Å²) >= 11 is 0. The van der Waals surface area contributed by atoms with Crippen LogP contribution in [0.15, 0.2) is 51.8 Å². The SMILES string of the molecule is O=C[C@H](Nc1ccc2c(C(F)(F)F)c(-c3ccccn3)c(=O)oc2c1)[C@@H](O)[C@H](O)[C@H](O)CO. The molecule has 0 spiro atoms. The number of hydrogen-bond donors (Lipinski definition) is 5. The molecule has 0 radical (unpaired) electrons. The summed E-state index contributed by atoms with van der Waals surface area (Å²) in [5, 5.41) is 40.2. The van der Waals surface area contributed by atoms with Gasteiger partial charge in [-0.3, -0.25) is 4.98 Å². The Bertz CT molecular complexity index is 1180. The molecule has 3 rings (SSSR count). The molecular weight excluding hydrogens is 449 g/mol. The molecule has 0 aliphatic heterocycles. The molecule has 0 aliphatic rings. The van der Waals surface area contributed by atoms with Crippen molar-refractivity contribution < 1.29 is 42.8 Å². The maximum Gasteiger partial charge on any atom is 0.418 e. The van der Waals surface area contributed by atoms with Crippen LogP contribution in [0, 0.1) is 0 Å². The van der Waals surface area contributed by atoms with Gasteiger partial charge in [-0.1, -0.05) is 6.07 Å². The van der Waals surface area contributed by atoms with Crippen LogP contribution in [-0.4, -0.2) is 62.7 Å². The zero-order valence-corrected chi connectivity index (χ0v) is 16.7. The normalized spacial score (nSPS) is 15.6. The highest BCUT2D eigenvalue weighted by Crippen LogP contribution is 2.40. The van der Waals surface area contributed by atoms with Crippen LogP contribution >= 0.6 is 0 Å². The standard InChI is InChI=1S/C21H19F3N2O7/c22-21(23,24)17-11-5-4-10(26-13(8-27)18(30)19(31)14(29)9-28)7-15(11)33-20(32)16(17)12-3-1-2-6-25-12/h1-8,13-14,18-19,26,28-31H,9H2/t13-,14+,18+,19+/m0/s1. The lowest BCUT2D eigenvalue weighted by Gasteiger charge is -2.27. The Morgan fingerprint density at radius 2 is 1.85 bits per heavy atom. The number of pyridine rings is 1. The number of aldehydes is 1. The zero-order chi connectivity index (χ0) is 24.3. The molecule has 3 aromatic rings. The maximum absolute atomic E-state index is 13.9. The van der Waals surface area contributed by atoms with Gasteiger partial charge in [-0.2, -0.15) is 13.2 Å². The van der Waals surface area contributed by atoms with E-state index in [9.17, 15) is 38.1 Å². The summed E-state index contributed by atoms with van der Waals surface area (Å²) in [5.74, 6) is 0. The van der Waals surface area contributed by atoms with Gasteiger partial charge < -0.3 is 35.0 Å². The molecule has 0 amide bonds. The fourth-order valence-corrected chi connectivity index (χ4v) is 3.27. The molecule has 0 fully saturated rings. The van der Waals surface area contributed by atoms with Crippen molar-refractivity contribution in [2.45, 2.75) is 30.5 Å². The Balaban J connectivity index is 2.07. The number of nitrogens with one attached hydrogen (secondary N) is 1. The minimum atomic E-state index is -4.93. The monoisotopic (exact) mass is 468 g/mol. The highest BCUT2D eigenvalue weighted by molar-refractivity contribution is 5.89. The first-order chi connectivity index (χ1) is 15.6. The van der Waals surface area contributed by atoms with Crippen LogP contribution in [0.2, 0.25) is 0 Å². The topological polar surface area (TPSA) is 153 Å². The van der Waals surface area contributed by atoms with Gasteiger partial charge in [0.25, 0.3) is 0 Å². The third-order valence-electron chi connectivity index (χ3n) is 4.89. The number of aliphatic hydroxyl groups excluding tert-OH is 4. The molecule has 2 aromatic heterocycles. The number of nitrogens with zero attached hydrogens (tertiary/aromatic N) is 1. The Morgan fingerprint density at radius 3 is 2.42 bits per heavy atom. The highest BCUT2D eigenvalue weighted by atomic mass is 19.4. The number of fused-ring (bicyclic) bond motifs is 1. The molecule has 0 bridgehead atoms. The van der Waals surface area contributed by atoms with Crippen molar-refractivity contribution in [3.63, 3.8) is 0 Å². The number of carbonyl (C=O) groups is 1. The molecule has 9 nitrogen and oxygen atoms in total. The lowest BCUT2D eigenvalue weighted by molar-refractivity contribution is -0.136. The number of anilines is 1. The van der Waals surface area contributed by atoms with Crippen molar-refractivity contribution in [1.82, 2.24) is 4.98 Å². The molecule has 5 N–H and O–H groups in total. The third kappa shape index (κ3) is 5.03. The maximum atomic E-state index is 13.9. The van der Waals surface area contributed by atoms with Gasteiger partial charge in [-0.15, -0.1) is 0 Å². The molecular formula is C21H19F3N2O7. The highest BCUT2D eigenvalue weighted by Gasteiger charge is 2.39. The second-order valence-electron chi connectivity index (χ2n) is 7.10. The summed E-state index contributed by atoms with van der Waals surface area (Å²) in [6.07, 6.45) is -9.00. The van der Waals surface area contributed by atoms with E-state index in [0.717, 1.165) is 18.2 Å². The first kappa shape index (κ1) is 24.3. The van der Waals surface area contributed by atoms with Crippen LogP contribution in [0.5, 0.6) is 0 Å². The van der Waals surface area contributed by atoms with Crippen LogP contribution in [0.3, 0.4) is 0 Å². The number of aromatic nitrogens is 1. The predicted octanol–water partition coefficient (Wildman–Crippen LogP) is 0.928. The Hall–Kier alpha value is -3.32. The average Bonchev–Trinajstić information content (AvgIpc) is 2.79. The summed E-state index contributed by atoms with van der Waals surface area (Å²) in [6, 6.07) is 5.82. The van der Waals surface area contributed by atoms with E-state index in [1.165, 1.54) is 24.4 Å². The van der Waals surface area contributed by atoms with Crippen molar-refractivity contribution in [2.24, 2.45) is 0 Å². The smallest absolute Gasteiger partial charge is 0.418 e. The van der Waals surface area contributed by atoms with E-state index in [-0.39, 0.29) is 17.7 Å². The number of carbonyl (C=O) groups excluding carboxylic acids is 1. The summed E-state index contributed by atoms with van der Waals surface area (Å²) in [6.45, 7) is -0.885. The number of alkyl halides is 3. The summed E-state index contributed by atoms with van der Waals surface area (Å²) in [5.41, 5.74) is -3.97. The van der Waals surface area contributed by atoms with Gasteiger partial charge in [-0.05, 0) is 24.3 Å². The van der Waals surface area contributed by atoms with E-state index in [2.05, 4.69) is 10.3 Å². The molecule has 2 heterocycles. The molecule has 4 atom stereocenters. The fraction of sp³-hybridized carbons (Fsp3) is 0.286. The van der Waals surface area contributed by atoms with E-state index in [1.54, 1.807) is 0 Å². The number of benzene rings is 1. The van der Waals surface area contributed by atoms with Crippen LogP contribution in [0.1, 0.15) is 5.56 Å². The van der Waals surface area contributed by atoms with E-state index in [0.29, 0.717) is 0 Å². The van der Waals surface area contributed by atoms with Gasteiger partial charge in [0.05, 0.1) is 23.4 Å². The minimum Gasteiger partial charge on any atom is -0.422 e. The molecule has 0 unspecified atom stereocenters. The summed E-state index contributed by atoms with van der Waals surface area (Å²) < 4.78 is 46.9. The molecule has 12 heteroatoms. The van der Waals surface area contributed by atoms with E-state index < -0.39 is 64.9 Å². The van der Waals surface area contributed by atoms with E-state index in [1.807, 2.05) is 0 Å². The van der Waals surface area contributed by atoms with E-state index >= 15 is 0 Å². The number of halogens is 3. The van der Waals surface area contributed by atoms with E-state index in [4.69, 9.17) is 9.52 Å². The predicted molar refractivity (Wildman–Crippen MR) is 109 cm³/mol. The number of rotatable bonds is 8. The van der Waals surface area contributed by atoms with Crippen molar-refractivity contribution >= 4 is 22.9 Å². The second-order valence-corrected chi connectivity index (χ2v) is 7.10. The molecule has 176 valence electrons. The van der Waals surface area contributed by atoms with Crippen LogP contribution in [0.4, 0.5) is 18.9 Å². The third-order valence-corrected chi connectivity index (χ3v) is 4.89. The second kappa shape index (κ2) is 9.67. The average molecular weight is 468 g/mol. The van der Waals surface area contributed by atoms with Gasteiger partial charge in [-0.25, -0.2) is 4.79 Å². The largest absolute Gasteiger partial charge is 0.422 e. The van der Waals surface area contributed by atoms with Gasteiger partial charge in [0, 0.05) is 23.3 Å². The van der Waals surface area contributed by atoms with Crippen LogP contribution < -0.4 is 10.9 Å². The van der Waals surface area contributed by atoms with Crippen molar-refractivity contribution in [1.29, 1.82) is 0 Å². The number of aliphatic hydroxyl groups is 4. The first-order valence-electron chi connectivity index (χ1n) is 9.54. The molecule has 1 aromatic carbocycles. The summed E-state index contributed by atoms with van der Waals surface area (Å²) in [7, 11) is 0. The lowest BCUT2D eigenvalue weighted by atomic mass is 10.00. The van der Waals surface area contributed by atoms with Crippen molar-refractivity contribution in [3.8, 4) is 11.3 Å². The Morgan fingerprint density at radius 1 is 1.12 bits per heavy atom. The zero-order valence-electron chi connectivity index (χ0n) is 16.7. The Kier molecular flexibility index (Phi) is 7.12. The van der Waals surface area contributed by atoms with Gasteiger partial charge in [0.1, 0.15) is 36.2 Å². The van der Waals surface area contributed by atoms with Crippen LogP contribution in [-0.2, 0) is 11.0 Å². The quantitative estimate of drug-likeness (QED) is 0.240. The molecule has 0 aliphatic carbocycles.